The normalized spacial score (nSPS) is 12.2. The maximum atomic E-state index is 5.35. The molecular formula is C17H21N3. The Morgan fingerprint density at radius 3 is 2.95 bits per heavy atom. The van der Waals surface area contributed by atoms with Crippen LogP contribution in [-0.4, -0.2) is 16.5 Å². The minimum Gasteiger partial charge on any atom is -0.310 e. The highest BCUT2D eigenvalue weighted by Gasteiger charge is 2.14. The molecule has 0 saturated carbocycles. The molecule has 0 aliphatic carbocycles. The second kappa shape index (κ2) is 7.62. The maximum absolute atomic E-state index is 5.35. The molecule has 1 unspecified atom stereocenters. The summed E-state index contributed by atoms with van der Waals surface area (Å²) in [5, 5.41) is 3.60. The Kier molecular flexibility index (Phi) is 5.52. The number of terminal acetylenes is 1. The number of para-hydroxylation sites is 1. The van der Waals surface area contributed by atoms with Crippen LogP contribution in [0.3, 0.4) is 0 Å². The molecule has 1 aromatic heterocycles. The molecule has 1 heterocycles. The molecule has 1 atom stereocenters. The Labute approximate surface area is 120 Å². The third-order valence-electron chi connectivity index (χ3n) is 3.36. The fourth-order valence-electron chi connectivity index (χ4n) is 2.39. The van der Waals surface area contributed by atoms with Gasteiger partial charge in [0.1, 0.15) is 0 Å². The summed E-state index contributed by atoms with van der Waals surface area (Å²) in [6, 6.07) is 6.49. The summed E-state index contributed by atoms with van der Waals surface area (Å²) in [6.45, 7) is 3.17. The van der Waals surface area contributed by atoms with E-state index in [2.05, 4.69) is 34.2 Å². The van der Waals surface area contributed by atoms with Gasteiger partial charge < -0.3 is 5.32 Å². The summed E-state index contributed by atoms with van der Waals surface area (Å²) >= 11 is 0. The van der Waals surface area contributed by atoms with Crippen molar-refractivity contribution in [2.24, 2.45) is 0 Å². The van der Waals surface area contributed by atoms with Gasteiger partial charge in [-0.2, -0.15) is 0 Å². The summed E-state index contributed by atoms with van der Waals surface area (Å²) in [4.78, 5) is 8.87. The van der Waals surface area contributed by atoms with Crippen LogP contribution in [0.25, 0.3) is 11.0 Å². The van der Waals surface area contributed by atoms with Gasteiger partial charge in [0.05, 0.1) is 11.0 Å². The van der Waals surface area contributed by atoms with Crippen LogP contribution < -0.4 is 5.32 Å². The number of unbranched alkanes of at least 4 members (excludes halogenated alkanes) is 1. The average Bonchev–Trinajstić information content (AvgIpc) is 2.50. The zero-order valence-corrected chi connectivity index (χ0v) is 12.0. The lowest BCUT2D eigenvalue weighted by atomic mass is 9.99. The number of hydrogen-bond donors (Lipinski definition) is 1. The molecule has 3 nitrogen and oxygen atoms in total. The quantitative estimate of drug-likeness (QED) is 0.616. The third-order valence-corrected chi connectivity index (χ3v) is 3.36. The van der Waals surface area contributed by atoms with E-state index in [-0.39, 0.29) is 0 Å². The van der Waals surface area contributed by atoms with Crippen LogP contribution in [-0.2, 0) is 0 Å². The number of nitrogens with one attached hydrogen (secondary N) is 1. The molecule has 0 radical (unpaired) electrons. The van der Waals surface area contributed by atoms with E-state index >= 15 is 0 Å². The minimum absolute atomic E-state index is 0.295. The average molecular weight is 267 g/mol. The molecule has 0 saturated heterocycles. The Hall–Kier alpha value is -1.92. The number of benzene rings is 1. The minimum atomic E-state index is 0.295. The van der Waals surface area contributed by atoms with Crippen LogP contribution in [0.15, 0.2) is 30.6 Å². The van der Waals surface area contributed by atoms with Crippen LogP contribution in [0.4, 0.5) is 0 Å². The number of nitrogens with zero attached hydrogens (tertiary/aromatic N) is 2. The first-order valence-electron chi connectivity index (χ1n) is 7.23. The Morgan fingerprint density at radius 1 is 1.30 bits per heavy atom. The van der Waals surface area contributed by atoms with Gasteiger partial charge in [-0.05, 0) is 37.4 Å². The van der Waals surface area contributed by atoms with Crippen molar-refractivity contribution < 1.29 is 0 Å². The monoisotopic (exact) mass is 267 g/mol. The zero-order valence-electron chi connectivity index (χ0n) is 12.0. The molecule has 0 aliphatic heterocycles. The van der Waals surface area contributed by atoms with Gasteiger partial charge in [-0.1, -0.05) is 19.1 Å². The second-order valence-corrected chi connectivity index (χ2v) is 4.87. The number of hydrogen-bond acceptors (Lipinski definition) is 3. The number of aromatic nitrogens is 2. The highest BCUT2D eigenvalue weighted by molar-refractivity contribution is 5.78. The fraction of sp³-hybridized carbons (Fsp3) is 0.412. The Morgan fingerprint density at radius 2 is 2.15 bits per heavy atom. The lowest BCUT2D eigenvalue weighted by Crippen LogP contribution is -2.22. The van der Waals surface area contributed by atoms with Crippen molar-refractivity contribution >= 4 is 11.0 Å². The van der Waals surface area contributed by atoms with E-state index in [0.29, 0.717) is 6.04 Å². The molecule has 2 aromatic rings. The predicted octanol–water partition coefficient (Wildman–Crippen LogP) is 3.47. The fourth-order valence-corrected chi connectivity index (χ4v) is 2.39. The molecule has 3 heteroatoms. The maximum Gasteiger partial charge on any atom is 0.0934 e. The molecular weight excluding hydrogens is 246 g/mol. The van der Waals surface area contributed by atoms with Crippen LogP contribution in [0.2, 0.25) is 0 Å². The van der Waals surface area contributed by atoms with Crippen molar-refractivity contribution in [3.8, 4) is 12.3 Å². The van der Waals surface area contributed by atoms with E-state index in [0.717, 1.165) is 43.3 Å². The van der Waals surface area contributed by atoms with E-state index in [9.17, 15) is 0 Å². The van der Waals surface area contributed by atoms with Crippen molar-refractivity contribution in [3.63, 3.8) is 0 Å². The molecule has 1 aromatic carbocycles. The summed E-state index contributed by atoms with van der Waals surface area (Å²) in [5.41, 5.74) is 3.16. The van der Waals surface area contributed by atoms with Gasteiger partial charge in [0.15, 0.2) is 0 Å². The van der Waals surface area contributed by atoms with Crippen molar-refractivity contribution in [1.82, 2.24) is 15.3 Å². The first kappa shape index (κ1) is 14.5. The van der Waals surface area contributed by atoms with E-state index in [1.54, 1.807) is 12.4 Å². The molecule has 0 amide bonds. The van der Waals surface area contributed by atoms with Gasteiger partial charge in [-0.3, -0.25) is 9.97 Å². The SMILES string of the molecule is C#CCCCC(NCCC)c1cccc2nccnc12. The standard InChI is InChI=1S/C17H21N3/c1-3-5-6-9-15(18-11-4-2)14-8-7-10-16-17(14)20-13-12-19-16/h1,7-8,10,12-13,15,18H,4-6,9,11H2,2H3. The Balaban J connectivity index is 2.27. The second-order valence-electron chi connectivity index (χ2n) is 4.87. The van der Waals surface area contributed by atoms with Gasteiger partial charge in [-0.15, -0.1) is 12.3 Å². The van der Waals surface area contributed by atoms with Crippen LogP contribution >= 0.6 is 0 Å². The summed E-state index contributed by atoms with van der Waals surface area (Å²) < 4.78 is 0. The van der Waals surface area contributed by atoms with Gasteiger partial charge in [0.2, 0.25) is 0 Å². The van der Waals surface area contributed by atoms with Crippen LogP contribution in [0.1, 0.15) is 44.2 Å². The Bertz CT molecular complexity index is 581. The molecule has 0 aliphatic rings. The van der Waals surface area contributed by atoms with Crippen LogP contribution in [0, 0.1) is 12.3 Å². The van der Waals surface area contributed by atoms with Crippen molar-refractivity contribution in [3.05, 3.63) is 36.2 Å². The molecule has 2 rings (SSSR count). The molecule has 0 bridgehead atoms. The molecule has 104 valence electrons. The van der Waals surface area contributed by atoms with Crippen molar-refractivity contribution in [1.29, 1.82) is 0 Å². The lowest BCUT2D eigenvalue weighted by molar-refractivity contribution is 0.489. The molecule has 0 spiro atoms. The number of rotatable bonds is 7. The predicted molar refractivity (Wildman–Crippen MR) is 83.3 cm³/mol. The summed E-state index contributed by atoms with van der Waals surface area (Å²) in [7, 11) is 0. The van der Waals surface area contributed by atoms with E-state index in [4.69, 9.17) is 6.42 Å². The molecule has 20 heavy (non-hydrogen) atoms. The summed E-state index contributed by atoms with van der Waals surface area (Å²) in [6.07, 6.45) is 12.8. The summed E-state index contributed by atoms with van der Waals surface area (Å²) in [5.74, 6) is 2.71. The van der Waals surface area contributed by atoms with Gasteiger partial charge in [0.25, 0.3) is 0 Å². The van der Waals surface area contributed by atoms with Crippen molar-refractivity contribution in [2.45, 2.75) is 38.6 Å². The highest BCUT2D eigenvalue weighted by atomic mass is 14.9. The molecule has 1 N–H and O–H groups in total. The third kappa shape index (κ3) is 3.55. The van der Waals surface area contributed by atoms with Gasteiger partial charge >= 0.3 is 0 Å². The van der Waals surface area contributed by atoms with E-state index in [1.807, 2.05) is 12.1 Å². The first-order chi connectivity index (χ1) is 9.86. The van der Waals surface area contributed by atoms with E-state index < -0.39 is 0 Å². The first-order valence-corrected chi connectivity index (χ1v) is 7.23. The van der Waals surface area contributed by atoms with Crippen molar-refractivity contribution in [2.75, 3.05) is 6.54 Å². The van der Waals surface area contributed by atoms with Crippen LogP contribution in [0.5, 0.6) is 0 Å². The lowest BCUT2D eigenvalue weighted by Gasteiger charge is -2.19. The van der Waals surface area contributed by atoms with Gasteiger partial charge in [0, 0.05) is 24.9 Å². The van der Waals surface area contributed by atoms with E-state index in [1.165, 1.54) is 5.56 Å². The number of fused-ring (bicyclic) bond motifs is 1. The largest absolute Gasteiger partial charge is 0.310 e. The highest BCUT2D eigenvalue weighted by Crippen LogP contribution is 2.25. The smallest absolute Gasteiger partial charge is 0.0934 e. The zero-order chi connectivity index (χ0) is 14.2. The topological polar surface area (TPSA) is 37.8 Å². The van der Waals surface area contributed by atoms with Gasteiger partial charge in [-0.25, -0.2) is 0 Å². The molecule has 0 fully saturated rings.